The van der Waals surface area contributed by atoms with Crippen LogP contribution in [0.4, 0.5) is 0 Å². The fraction of sp³-hybridized carbons (Fsp3) is 0.706. The first-order valence-electron chi connectivity index (χ1n) is 8.11. The van der Waals surface area contributed by atoms with E-state index in [4.69, 9.17) is 4.74 Å². The van der Waals surface area contributed by atoms with Crippen molar-refractivity contribution in [1.29, 1.82) is 0 Å². The molecule has 1 spiro atoms. The zero-order valence-corrected chi connectivity index (χ0v) is 13.6. The van der Waals surface area contributed by atoms with E-state index >= 15 is 0 Å². The molecule has 1 aromatic heterocycles. The Morgan fingerprint density at radius 2 is 2.24 bits per heavy atom. The van der Waals surface area contributed by atoms with Crippen molar-refractivity contribution < 1.29 is 4.74 Å². The number of aryl methyl sites for hydroxylation is 1. The summed E-state index contributed by atoms with van der Waals surface area (Å²) in [7, 11) is 0. The van der Waals surface area contributed by atoms with Gasteiger partial charge in [-0.1, -0.05) is 6.07 Å². The minimum absolute atomic E-state index is 0.484. The van der Waals surface area contributed by atoms with E-state index in [2.05, 4.69) is 46.8 Å². The number of likely N-dealkylation sites (tertiary alicyclic amines) is 1. The van der Waals surface area contributed by atoms with Crippen molar-refractivity contribution >= 4 is 11.8 Å². The molecule has 114 valence electrons. The van der Waals surface area contributed by atoms with Crippen LogP contribution in [-0.2, 0) is 11.3 Å². The van der Waals surface area contributed by atoms with Crippen molar-refractivity contribution in [3.05, 3.63) is 29.6 Å². The van der Waals surface area contributed by atoms with Crippen LogP contribution in [0.3, 0.4) is 0 Å². The van der Waals surface area contributed by atoms with Crippen molar-refractivity contribution in [3.63, 3.8) is 0 Å². The van der Waals surface area contributed by atoms with Crippen LogP contribution in [0.25, 0.3) is 0 Å². The Morgan fingerprint density at radius 1 is 1.38 bits per heavy atom. The van der Waals surface area contributed by atoms with Crippen LogP contribution in [0.2, 0.25) is 0 Å². The first kappa shape index (κ1) is 14.0. The summed E-state index contributed by atoms with van der Waals surface area (Å²) in [5, 5.41) is 0. The molecule has 1 aliphatic carbocycles. The molecule has 1 atom stereocenters. The maximum absolute atomic E-state index is 6.08. The Morgan fingerprint density at radius 3 is 3.00 bits per heavy atom. The van der Waals surface area contributed by atoms with Gasteiger partial charge in [-0.2, -0.15) is 0 Å². The average molecular weight is 304 g/mol. The molecule has 1 saturated carbocycles. The van der Waals surface area contributed by atoms with Gasteiger partial charge in [-0.25, -0.2) is 0 Å². The van der Waals surface area contributed by atoms with Gasteiger partial charge in [-0.05, 0) is 44.2 Å². The predicted octanol–water partition coefficient (Wildman–Crippen LogP) is 2.88. The molecular formula is C17H24N2OS. The van der Waals surface area contributed by atoms with Gasteiger partial charge in [-0.15, -0.1) is 11.8 Å². The molecule has 0 aromatic carbocycles. The highest BCUT2D eigenvalue weighted by molar-refractivity contribution is 8.01. The van der Waals surface area contributed by atoms with Crippen molar-refractivity contribution in [1.82, 2.24) is 9.88 Å². The third-order valence-electron chi connectivity index (χ3n) is 4.79. The highest BCUT2D eigenvalue weighted by Gasteiger charge is 2.49. The molecule has 0 radical (unpaired) electrons. The predicted molar refractivity (Wildman–Crippen MR) is 86.5 cm³/mol. The minimum atomic E-state index is 0.484. The number of hydrogen-bond acceptors (Lipinski definition) is 4. The monoisotopic (exact) mass is 304 g/mol. The summed E-state index contributed by atoms with van der Waals surface area (Å²) >= 11 is 2.14. The van der Waals surface area contributed by atoms with Crippen LogP contribution in [0.15, 0.2) is 18.2 Å². The lowest BCUT2D eigenvalue weighted by molar-refractivity contribution is 0.0303. The smallest absolute Gasteiger partial charge is 0.0680 e. The van der Waals surface area contributed by atoms with E-state index in [1.165, 1.54) is 43.8 Å². The summed E-state index contributed by atoms with van der Waals surface area (Å²) in [5.74, 6) is 2.08. The van der Waals surface area contributed by atoms with E-state index in [0.717, 1.165) is 24.8 Å². The third kappa shape index (κ3) is 3.27. The summed E-state index contributed by atoms with van der Waals surface area (Å²) < 4.78 is 6.56. The van der Waals surface area contributed by atoms with E-state index < -0.39 is 0 Å². The van der Waals surface area contributed by atoms with Gasteiger partial charge in [0, 0.05) is 42.4 Å². The fourth-order valence-corrected chi connectivity index (χ4v) is 5.09. The van der Waals surface area contributed by atoms with Gasteiger partial charge < -0.3 is 4.74 Å². The molecule has 3 heterocycles. The Labute approximate surface area is 131 Å². The first-order valence-corrected chi connectivity index (χ1v) is 9.10. The molecule has 1 aromatic rings. The minimum Gasteiger partial charge on any atom is -0.377 e. The molecule has 0 bridgehead atoms. The van der Waals surface area contributed by atoms with Crippen LogP contribution in [-0.4, -0.2) is 46.2 Å². The zero-order chi connectivity index (χ0) is 14.3. The molecule has 3 aliphatic rings. The summed E-state index contributed by atoms with van der Waals surface area (Å²) in [6.45, 7) is 6.48. The topological polar surface area (TPSA) is 25.4 Å². The number of aromatic nitrogens is 1. The summed E-state index contributed by atoms with van der Waals surface area (Å²) in [6.07, 6.45) is 4.54. The molecular weight excluding hydrogens is 280 g/mol. The van der Waals surface area contributed by atoms with Crippen molar-refractivity contribution in [2.45, 2.75) is 43.6 Å². The molecule has 2 aliphatic heterocycles. The maximum atomic E-state index is 6.08. The normalized spacial score (nSPS) is 28.0. The van der Waals surface area contributed by atoms with Gasteiger partial charge in [0.1, 0.15) is 0 Å². The van der Waals surface area contributed by atoms with Crippen LogP contribution >= 0.6 is 11.8 Å². The number of ether oxygens (including phenoxy) is 1. The molecule has 0 amide bonds. The van der Waals surface area contributed by atoms with Gasteiger partial charge in [0.25, 0.3) is 0 Å². The third-order valence-corrected chi connectivity index (χ3v) is 6.37. The lowest BCUT2D eigenvalue weighted by atomic mass is 9.93. The first-order chi connectivity index (χ1) is 10.2. The molecule has 0 unspecified atom stereocenters. The SMILES string of the molecule is Cc1cccc(CN2CC3(C[C@@H](OCC4CC4)CS3)C2)n1. The van der Waals surface area contributed by atoms with Gasteiger partial charge >= 0.3 is 0 Å². The van der Waals surface area contributed by atoms with Gasteiger partial charge in [0.05, 0.1) is 11.8 Å². The lowest BCUT2D eigenvalue weighted by Gasteiger charge is -2.47. The lowest BCUT2D eigenvalue weighted by Crippen LogP contribution is -2.58. The number of thioether (sulfide) groups is 1. The van der Waals surface area contributed by atoms with Crippen LogP contribution in [0, 0.1) is 12.8 Å². The highest BCUT2D eigenvalue weighted by atomic mass is 32.2. The zero-order valence-electron chi connectivity index (χ0n) is 12.8. The van der Waals surface area contributed by atoms with Gasteiger partial charge in [0.15, 0.2) is 0 Å². The standard InChI is InChI=1S/C17H24N2OS/c1-13-3-2-4-15(18-13)8-19-11-17(12-19)7-16(10-21-17)20-9-14-5-6-14/h2-4,14,16H,5-12H2,1H3/t16-/m1/s1. The Bertz CT molecular complexity index is 511. The molecule has 4 heteroatoms. The second-order valence-electron chi connectivity index (χ2n) is 7.01. The van der Waals surface area contributed by atoms with Crippen LogP contribution in [0.1, 0.15) is 30.7 Å². The fourth-order valence-electron chi connectivity index (χ4n) is 3.48. The largest absolute Gasteiger partial charge is 0.377 e. The Hall–Kier alpha value is -0.580. The van der Waals surface area contributed by atoms with Crippen molar-refractivity contribution in [2.24, 2.45) is 5.92 Å². The molecule has 0 N–H and O–H groups in total. The van der Waals surface area contributed by atoms with Crippen molar-refractivity contribution in [3.8, 4) is 0 Å². The second kappa shape index (κ2) is 5.56. The van der Waals surface area contributed by atoms with Crippen molar-refractivity contribution in [2.75, 3.05) is 25.4 Å². The number of rotatable bonds is 5. The Kier molecular flexibility index (Phi) is 3.72. The van der Waals surface area contributed by atoms with E-state index in [-0.39, 0.29) is 0 Å². The van der Waals surface area contributed by atoms with E-state index in [0.29, 0.717) is 10.9 Å². The highest BCUT2D eigenvalue weighted by Crippen LogP contribution is 2.46. The van der Waals surface area contributed by atoms with Gasteiger partial charge in [0.2, 0.25) is 0 Å². The molecule has 4 rings (SSSR count). The Balaban J connectivity index is 1.25. The number of nitrogens with zero attached hydrogens (tertiary/aromatic N) is 2. The summed E-state index contributed by atoms with van der Waals surface area (Å²) in [5.41, 5.74) is 2.32. The van der Waals surface area contributed by atoms with Gasteiger partial charge in [-0.3, -0.25) is 9.88 Å². The summed E-state index contributed by atoms with van der Waals surface area (Å²) in [6, 6.07) is 6.32. The average Bonchev–Trinajstić information content (AvgIpc) is 3.16. The van der Waals surface area contributed by atoms with E-state index in [9.17, 15) is 0 Å². The molecule has 21 heavy (non-hydrogen) atoms. The molecule has 2 saturated heterocycles. The quantitative estimate of drug-likeness (QED) is 0.835. The molecule has 3 fully saturated rings. The van der Waals surface area contributed by atoms with E-state index in [1.807, 2.05) is 0 Å². The number of hydrogen-bond donors (Lipinski definition) is 0. The van der Waals surface area contributed by atoms with Crippen LogP contribution in [0.5, 0.6) is 0 Å². The van der Waals surface area contributed by atoms with E-state index in [1.54, 1.807) is 0 Å². The summed E-state index contributed by atoms with van der Waals surface area (Å²) in [4.78, 5) is 7.13. The maximum Gasteiger partial charge on any atom is 0.0680 e. The second-order valence-corrected chi connectivity index (χ2v) is 8.50. The molecule has 3 nitrogen and oxygen atoms in total. The van der Waals surface area contributed by atoms with Crippen LogP contribution < -0.4 is 0 Å². The number of pyridine rings is 1.